The number of amides is 1. The van der Waals surface area contributed by atoms with E-state index in [0.717, 1.165) is 28.8 Å². The zero-order chi connectivity index (χ0) is 19.8. The van der Waals surface area contributed by atoms with Crippen LogP contribution < -0.4 is 5.32 Å². The summed E-state index contributed by atoms with van der Waals surface area (Å²) in [5.41, 5.74) is 4.49. The molecule has 2 heterocycles. The van der Waals surface area contributed by atoms with Crippen molar-refractivity contribution in [2.75, 3.05) is 13.1 Å². The van der Waals surface area contributed by atoms with Gasteiger partial charge in [0.15, 0.2) is 0 Å². The zero-order valence-corrected chi connectivity index (χ0v) is 17.0. The van der Waals surface area contributed by atoms with Gasteiger partial charge in [-0.15, -0.1) is 0 Å². The summed E-state index contributed by atoms with van der Waals surface area (Å²) in [4.78, 5) is 19.3. The molecule has 0 aromatic carbocycles. The molecule has 1 N–H and O–H groups in total. The molecule has 1 atom stereocenters. The van der Waals surface area contributed by atoms with E-state index in [2.05, 4.69) is 17.2 Å². The van der Waals surface area contributed by atoms with Crippen LogP contribution in [0.3, 0.4) is 0 Å². The van der Waals surface area contributed by atoms with Crippen molar-refractivity contribution in [1.82, 2.24) is 15.2 Å². The van der Waals surface area contributed by atoms with Crippen molar-refractivity contribution in [1.29, 1.82) is 0 Å². The van der Waals surface area contributed by atoms with E-state index >= 15 is 0 Å². The maximum Gasteiger partial charge on any atom is 0.254 e. The summed E-state index contributed by atoms with van der Waals surface area (Å²) in [6, 6.07) is 3.04. The van der Waals surface area contributed by atoms with Gasteiger partial charge < -0.3 is 10.2 Å². The minimum atomic E-state index is -0.284. The Morgan fingerprint density at radius 3 is 2.59 bits per heavy atom. The smallest absolute Gasteiger partial charge is 0.254 e. The van der Waals surface area contributed by atoms with Crippen LogP contribution in [0.4, 0.5) is 4.39 Å². The molecule has 4 nitrogen and oxygen atoms in total. The van der Waals surface area contributed by atoms with Gasteiger partial charge >= 0.3 is 0 Å². The molecule has 3 rings (SSSR count). The molecular weight excluding hydrogens is 341 g/mol. The molecular formula is C22H30FN3O. The maximum atomic E-state index is 14.1. The van der Waals surface area contributed by atoms with E-state index in [-0.39, 0.29) is 23.2 Å². The van der Waals surface area contributed by atoms with E-state index in [1.54, 1.807) is 12.3 Å². The van der Waals surface area contributed by atoms with Crippen LogP contribution >= 0.6 is 0 Å². The Hall–Kier alpha value is -2.17. The third-order valence-corrected chi connectivity index (χ3v) is 5.79. The summed E-state index contributed by atoms with van der Waals surface area (Å²) in [7, 11) is 0. The summed E-state index contributed by atoms with van der Waals surface area (Å²) in [5.74, 6) is -0.288. The van der Waals surface area contributed by atoms with Gasteiger partial charge in [0.2, 0.25) is 0 Å². The fraction of sp³-hybridized carbons (Fsp3) is 0.545. The highest BCUT2D eigenvalue weighted by atomic mass is 19.1. The van der Waals surface area contributed by atoms with Gasteiger partial charge in [0.25, 0.3) is 5.91 Å². The lowest BCUT2D eigenvalue weighted by atomic mass is 9.99. The average Bonchev–Trinajstić information content (AvgIpc) is 3.14. The van der Waals surface area contributed by atoms with Crippen LogP contribution in [0.5, 0.6) is 0 Å². The monoisotopic (exact) mass is 371 g/mol. The maximum absolute atomic E-state index is 14.1. The molecule has 1 unspecified atom stereocenters. The predicted molar refractivity (Wildman–Crippen MR) is 106 cm³/mol. The quantitative estimate of drug-likeness (QED) is 0.620. The lowest BCUT2D eigenvalue weighted by molar-refractivity contribution is -0.126. The van der Waals surface area contributed by atoms with Crippen LogP contribution in [0, 0.1) is 5.82 Å². The molecule has 1 aliphatic heterocycles. The number of hydrogen-bond acceptors (Lipinski definition) is 3. The molecule has 0 spiro atoms. The van der Waals surface area contributed by atoms with Gasteiger partial charge in [0, 0.05) is 42.0 Å². The SMILES string of the molecule is CC(C)=C(C(=O)N1CCC(c2ncccc2F)C1)/C(C)=C(/C)NC1(C)CC1. The number of aromatic nitrogens is 1. The first-order chi connectivity index (χ1) is 12.7. The van der Waals surface area contributed by atoms with Crippen LogP contribution in [0.25, 0.3) is 0 Å². The molecule has 1 aromatic heterocycles. The second-order valence-corrected chi connectivity index (χ2v) is 8.42. The molecule has 1 amide bonds. The van der Waals surface area contributed by atoms with Crippen LogP contribution in [0.15, 0.2) is 40.7 Å². The highest BCUT2D eigenvalue weighted by molar-refractivity contribution is 5.98. The number of carbonyl (C=O) groups excluding carboxylic acids is 1. The van der Waals surface area contributed by atoms with Crippen LogP contribution in [-0.2, 0) is 4.79 Å². The topological polar surface area (TPSA) is 45.2 Å². The summed E-state index contributed by atoms with van der Waals surface area (Å²) < 4.78 is 14.1. The van der Waals surface area contributed by atoms with Gasteiger partial charge in [-0.2, -0.15) is 0 Å². The fourth-order valence-electron chi connectivity index (χ4n) is 3.82. The molecule has 2 fully saturated rings. The lowest BCUT2D eigenvalue weighted by Crippen LogP contribution is -2.32. The largest absolute Gasteiger partial charge is 0.383 e. The van der Waals surface area contributed by atoms with Gasteiger partial charge in [0.05, 0.1) is 5.69 Å². The minimum absolute atomic E-state index is 0.0356. The number of halogens is 1. The van der Waals surface area contributed by atoms with Gasteiger partial charge in [-0.25, -0.2) is 4.39 Å². The first-order valence-electron chi connectivity index (χ1n) is 9.75. The van der Waals surface area contributed by atoms with Crippen molar-refractivity contribution < 1.29 is 9.18 Å². The summed E-state index contributed by atoms with van der Waals surface area (Å²) >= 11 is 0. The Morgan fingerprint density at radius 1 is 1.30 bits per heavy atom. The second kappa shape index (κ2) is 7.45. The molecule has 146 valence electrons. The van der Waals surface area contributed by atoms with Crippen molar-refractivity contribution >= 4 is 5.91 Å². The number of hydrogen-bond donors (Lipinski definition) is 1. The Morgan fingerprint density at radius 2 is 2.00 bits per heavy atom. The molecule has 0 radical (unpaired) electrons. The third kappa shape index (κ3) is 4.23. The first kappa shape index (κ1) is 19.6. The van der Waals surface area contributed by atoms with E-state index in [4.69, 9.17) is 0 Å². The standard InChI is InChI=1S/C22H30FN3O/c1-14(2)19(15(3)16(4)25-22(5)9-10-22)21(27)26-12-8-17(13-26)20-18(23)7-6-11-24-20/h6-7,11,17,25H,8-10,12-13H2,1-5H3/b16-15-. The summed E-state index contributed by atoms with van der Waals surface area (Å²) in [6.45, 7) is 11.4. The van der Waals surface area contributed by atoms with Crippen molar-refractivity contribution in [3.05, 3.63) is 52.3 Å². The highest BCUT2D eigenvalue weighted by Gasteiger charge is 2.38. The Labute approximate surface area is 161 Å². The van der Waals surface area contributed by atoms with E-state index in [1.165, 1.54) is 18.9 Å². The molecule has 1 saturated carbocycles. The van der Waals surface area contributed by atoms with Crippen molar-refractivity contribution in [2.24, 2.45) is 0 Å². The van der Waals surface area contributed by atoms with Crippen molar-refractivity contribution in [2.45, 2.75) is 65.3 Å². The highest BCUT2D eigenvalue weighted by Crippen LogP contribution is 2.36. The third-order valence-electron chi connectivity index (χ3n) is 5.79. The summed E-state index contributed by atoms with van der Waals surface area (Å²) in [6.07, 6.45) is 4.69. The molecule has 2 aliphatic rings. The number of nitrogens with one attached hydrogen (secondary N) is 1. The Balaban J connectivity index is 1.78. The van der Waals surface area contributed by atoms with Crippen LogP contribution in [0.1, 0.15) is 65.5 Å². The molecule has 1 saturated heterocycles. The van der Waals surface area contributed by atoms with E-state index in [1.807, 2.05) is 32.6 Å². The fourth-order valence-corrected chi connectivity index (χ4v) is 3.82. The number of rotatable bonds is 5. The van der Waals surface area contributed by atoms with Gasteiger partial charge in [-0.1, -0.05) is 5.57 Å². The zero-order valence-electron chi connectivity index (χ0n) is 17.0. The minimum Gasteiger partial charge on any atom is -0.383 e. The normalized spacial score (nSPS) is 21.6. The Bertz CT molecular complexity index is 804. The van der Waals surface area contributed by atoms with E-state index in [0.29, 0.717) is 18.8 Å². The van der Waals surface area contributed by atoms with E-state index in [9.17, 15) is 9.18 Å². The number of allylic oxidation sites excluding steroid dienone is 2. The van der Waals surface area contributed by atoms with E-state index < -0.39 is 0 Å². The van der Waals surface area contributed by atoms with Gasteiger partial charge in [-0.05, 0) is 71.6 Å². The van der Waals surface area contributed by atoms with Crippen molar-refractivity contribution in [3.63, 3.8) is 0 Å². The Kier molecular flexibility index (Phi) is 5.41. The predicted octanol–water partition coefficient (Wildman–Crippen LogP) is 4.31. The van der Waals surface area contributed by atoms with Gasteiger partial charge in [-0.3, -0.25) is 9.78 Å². The molecule has 1 aliphatic carbocycles. The molecule has 1 aromatic rings. The number of likely N-dealkylation sites (tertiary alicyclic amines) is 1. The first-order valence-corrected chi connectivity index (χ1v) is 9.75. The molecule has 0 bridgehead atoms. The lowest BCUT2D eigenvalue weighted by Gasteiger charge is -2.23. The van der Waals surface area contributed by atoms with Crippen LogP contribution in [-0.4, -0.2) is 34.4 Å². The van der Waals surface area contributed by atoms with Crippen LogP contribution in [0.2, 0.25) is 0 Å². The molecule has 27 heavy (non-hydrogen) atoms. The van der Waals surface area contributed by atoms with Gasteiger partial charge in [0.1, 0.15) is 5.82 Å². The average molecular weight is 372 g/mol. The number of pyridine rings is 1. The molecule has 5 heteroatoms. The van der Waals surface area contributed by atoms with Crippen molar-refractivity contribution in [3.8, 4) is 0 Å². The summed E-state index contributed by atoms with van der Waals surface area (Å²) in [5, 5.41) is 3.57. The number of nitrogens with zero attached hydrogens (tertiary/aromatic N) is 2. The second-order valence-electron chi connectivity index (χ2n) is 8.42. The number of carbonyl (C=O) groups is 1.